The van der Waals surface area contributed by atoms with E-state index >= 15 is 0 Å². The normalized spacial score (nSPS) is 11.6. The zero-order chi connectivity index (χ0) is 25.3. The third kappa shape index (κ3) is 6.66. The molecule has 2 N–H and O–H groups in total. The maximum atomic E-state index is 13.3. The molecule has 1 aromatic heterocycles. The summed E-state index contributed by atoms with van der Waals surface area (Å²) in [7, 11) is 1.76. The van der Waals surface area contributed by atoms with Crippen molar-refractivity contribution in [3.63, 3.8) is 0 Å². The molecule has 4 rings (SSSR count). The number of halogens is 1. The first-order valence-corrected chi connectivity index (χ1v) is 11.9. The van der Waals surface area contributed by atoms with E-state index in [1.807, 2.05) is 42.5 Å². The van der Waals surface area contributed by atoms with Gasteiger partial charge in [0.25, 0.3) is 5.91 Å². The number of carbonyl (C=O) groups excluding carboxylic acids is 2. The molecule has 0 bridgehead atoms. The molecule has 184 valence electrons. The van der Waals surface area contributed by atoms with E-state index in [0.717, 1.165) is 28.9 Å². The molecule has 0 spiro atoms. The molecule has 1 heterocycles. The molecular formula is C29H29FN4O2. The number of aromatic amines is 1. The van der Waals surface area contributed by atoms with E-state index in [1.165, 1.54) is 12.1 Å². The third-order valence-corrected chi connectivity index (χ3v) is 6.01. The molecule has 0 aliphatic rings. The zero-order valence-corrected chi connectivity index (χ0v) is 20.2. The zero-order valence-electron chi connectivity index (χ0n) is 20.2. The monoisotopic (exact) mass is 484 g/mol. The highest BCUT2D eigenvalue weighted by Crippen LogP contribution is 2.18. The summed E-state index contributed by atoms with van der Waals surface area (Å²) in [4.78, 5) is 27.8. The summed E-state index contributed by atoms with van der Waals surface area (Å²) in [5, 5.41) is 10.3. The van der Waals surface area contributed by atoms with Gasteiger partial charge in [0, 0.05) is 36.8 Å². The molecule has 0 aliphatic heterocycles. The van der Waals surface area contributed by atoms with Crippen molar-refractivity contribution in [1.29, 1.82) is 0 Å². The van der Waals surface area contributed by atoms with Gasteiger partial charge in [0.1, 0.15) is 11.9 Å². The standard InChI is InChI=1S/C29H29FN4O2/c1-34(18-8-13-25-20-26(33-32-25)22-14-16-24(30)17-15-22)29(36)27(19-21-9-4-2-5-10-21)31-28(35)23-11-6-3-7-12-23/h2-7,9-12,14-17,20,27H,8,13,18-19H2,1H3,(H,31,35)(H,32,33)/t27-/m0/s1. The third-order valence-electron chi connectivity index (χ3n) is 6.01. The predicted octanol–water partition coefficient (Wildman–Crippen LogP) is 4.65. The highest BCUT2D eigenvalue weighted by atomic mass is 19.1. The molecule has 2 amide bonds. The Labute approximate surface area is 210 Å². The average molecular weight is 485 g/mol. The number of rotatable bonds is 10. The second-order valence-corrected chi connectivity index (χ2v) is 8.73. The highest BCUT2D eigenvalue weighted by Gasteiger charge is 2.24. The van der Waals surface area contributed by atoms with E-state index < -0.39 is 6.04 Å². The number of H-pyrrole nitrogens is 1. The first-order valence-electron chi connectivity index (χ1n) is 11.9. The minimum Gasteiger partial charge on any atom is -0.344 e. The SMILES string of the molecule is CN(CCCc1cc(-c2ccc(F)cc2)n[nH]1)C(=O)[C@H](Cc1ccccc1)NC(=O)c1ccccc1. The molecule has 0 aliphatic carbocycles. The number of nitrogens with zero attached hydrogens (tertiary/aromatic N) is 2. The van der Waals surface area contributed by atoms with Crippen LogP contribution in [0.3, 0.4) is 0 Å². The van der Waals surface area contributed by atoms with Crippen LogP contribution in [0.5, 0.6) is 0 Å². The lowest BCUT2D eigenvalue weighted by atomic mass is 10.0. The number of aryl methyl sites for hydroxylation is 1. The summed E-state index contributed by atoms with van der Waals surface area (Å²) < 4.78 is 13.2. The Hall–Kier alpha value is -4.26. The largest absolute Gasteiger partial charge is 0.344 e. The molecule has 7 heteroatoms. The van der Waals surface area contributed by atoms with Crippen molar-refractivity contribution in [2.24, 2.45) is 0 Å². The van der Waals surface area contributed by atoms with Crippen LogP contribution < -0.4 is 5.32 Å². The summed E-state index contributed by atoms with van der Waals surface area (Å²) in [6.45, 7) is 0.524. The van der Waals surface area contributed by atoms with E-state index in [1.54, 1.807) is 48.3 Å². The van der Waals surface area contributed by atoms with Crippen molar-refractivity contribution in [2.45, 2.75) is 25.3 Å². The summed E-state index contributed by atoms with van der Waals surface area (Å²) in [6.07, 6.45) is 1.83. The predicted molar refractivity (Wildman–Crippen MR) is 138 cm³/mol. The molecule has 1 atom stereocenters. The van der Waals surface area contributed by atoms with Crippen LogP contribution in [0.4, 0.5) is 4.39 Å². The van der Waals surface area contributed by atoms with Crippen molar-refractivity contribution < 1.29 is 14.0 Å². The number of hydrogen-bond donors (Lipinski definition) is 2. The fourth-order valence-corrected chi connectivity index (χ4v) is 4.02. The Morgan fingerprint density at radius 3 is 2.33 bits per heavy atom. The van der Waals surface area contributed by atoms with Crippen molar-refractivity contribution >= 4 is 11.8 Å². The van der Waals surface area contributed by atoms with E-state index in [-0.39, 0.29) is 17.6 Å². The first-order chi connectivity index (χ1) is 17.5. The topological polar surface area (TPSA) is 78.1 Å². The van der Waals surface area contributed by atoms with Crippen LogP contribution in [0.15, 0.2) is 91.0 Å². The van der Waals surface area contributed by atoms with Crippen LogP contribution in [0.2, 0.25) is 0 Å². The van der Waals surface area contributed by atoms with E-state index in [4.69, 9.17) is 0 Å². The lowest BCUT2D eigenvalue weighted by Gasteiger charge is -2.25. The molecule has 3 aromatic carbocycles. The fourth-order valence-electron chi connectivity index (χ4n) is 4.02. The highest BCUT2D eigenvalue weighted by molar-refractivity contribution is 5.97. The van der Waals surface area contributed by atoms with Gasteiger partial charge < -0.3 is 10.2 Å². The van der Waals surface area contributed by atoms with Crippen LogP contribution in [-0.2, 0) is 17.6 Å². The number of carbonyl (C=O) groups is 2. The minimum atomic E-state index is -0.678. The summed E-state index contributed by atoms with van der Waals surface area (Å²) in [5.41, 5.74) is 4.02. The Morgan fingerprint density at radius 1 is 0.972 bits per heavy atom. The molecule has 36 heavy (non-hydrogen) atoms. The van der Waals surface area contributed by atoms with Crippen molar-refractivity contribution in [2.75, 3.05) is 13.6 Å². The summed E-state index contributed by atoms with van der Waals surface area (Å²) in [5.74, 6) is -0.698. The number of nitrogens with one attached hydrogen (secondary N) is 2. The van der Waals surface area contributed by atoms with Gasteiger partial charge in [-0.3, -0.25) is 14.7 Å². The van der Waals surface area contributed by atoms with Gasteiger partial charge in [0.15, 0.2) is 0 Å². The first kappa shape index (κ1) is 24.9. The summed E-state index contributed by atoms with van der Waals surface area (Å²) >= 11 is 0. The van der Waals surface area contributed by atoms with E-state index in [2.05, 4.69) is 15.5 Å². The molecular weight excluding hydrogens is 455 g/mol. The fraction of sp³-hybridized carbons (Fsp3) is 0.207. The maximum absolute atomic E-state index is 13.3. The average Bonchev–Trinajstić information content (AvgIpc) is 3.38. The maximum Gasteiger partial charge on any atom is 0.251 e. The summed E-state index contributed by atoms with van der Waals surface area (Å²) in [6, 6.07) is 26.0. The second-order valence-electron chi connectivity index (χ2n) is 8.73. The van der Waals surface area contributed by atoms with Gasteiger partial charge in [-0.2, -0.15) is 5.10 Å². The number of hydrogen-bond acceptors (Lipinski definition) is 3. The van der Waals surface area contributed by atoms with Crippen LogP contribution in [0.1, 0.15) is 28.0 Å². The molecule has 6 nitrogen and oxygen atoms in total. The Morgan fingerprint density at radius 2 is 1.64 bits per heavy atom. The van der Waals surface area contributed by atoms with Gasteiger partial charge in [-0.25, -0.2) is 4.39 Å². The number of benzene rings is 3. The molecule has 0 radical (unpaired) electrons. The van der Waals surface area contributed by atoms with Crippen LogP contribution >= 0.6 is 0 Å². The van der Waals surface area contributed by atoms with Crippen molar-refractivity contribution in [3.05, 3.63) is 114 Å². The number of aromatic nitrogens is 2. The second kappa shape index (κ2) is 11.9. The van der Waals surface area contributed by atoms with Gasteiger partial charge in [-0.15, -0.1) is 0 Å². The van der Waals surface area contributed by atoms with Gasteiger partial charge in [0.2, 0.25) is 5.91 Å². The quantitative estimate of drug-likeness (QED) is 0.344. The lowest BCUT2D eigenvalue weighted by Crippen LogP contribution is -2.48. The molecule has 0 fully saturated rings. The smallest absolute Gasteiger partial charge is 0.251 e. The molecule has 0 saturated heterocycles. The minimum absolute atomic E-state index is 0.139. The van der Waals surface area contributed by atoms with Gasteiger partial charge in [0.05, 0.1) is 5.69 Å². The van der Waals surface area contributed by atoms with E-state index in [9.17, 15) is 14.0 Å². The van der Waals surface area contributed by atoms with Gasteiger partial charge in [-0.05, 0) is 60.9 Å². The number of amides is 2. The Balaban J connectivity index is 1.36. The van der Waals surface area contributed by atoms with Gasteiger partial charge in [-0.1, -0.05) is 48.5 Å². The molecule has 0 unspecified atom stereocenters. The Bertz CT molecular complexity index is 1270. The van der Waals surface area contributed by atoms with Crippen molar-refractivity contribution in [3.8, 4) is 11.3 Å². The van der Waals surface area contributed by atoms with Gasteiger partial charge >= 0.3 is 0 Å². The number of likely N-dealkylation sites (N-methyl/N-ethyl adjacent to an activating group) is 1. The lowest BCUT2D eigenvalue weighted by molar-refractivity contribution is -0.132. The molecule has 0 saturated carbocycles. The van der Waals surface area contributed by atoms with Crippen LogP contribution in [-0.4, -0.2) is 46.5 Å². The van der Waals surface area contributed by atoms with E-state index in [0.29, 0.717) is 24.9 Å². The van der Waals surface area contributed by atoms with Crippen molar-refractivity contribution in [1.82, 2.24) is 20.4 Å². The van der Waals surface area contributed by atoms with Crippen LogP contribution in [0.25, 0.3) is 11.3 Å². The molecule has 4 aromatic rings. The van der Waals surface area contributed by atoms with Crippen LogP contribution in [0, 0.1) is 5.82 Å². The Kier molecular flexibility index (Phi) is 8.24.